The number of ether oxygens (including phenoxy) is 1. The molecule has 2 aromatic rings. The van der Waals surface area contributed by atoms with E-state index in [4.69, 9.17) is 9.15 Å². The lowest BCUT2D eigenvalue weighted by molar-refractivity contribution is 0.132. The first-order chi connectivity index (χ1) is 10.8. The van der Waals surface area contributed by atoms with E-state index in [-0.39, 0.29) is 6.04 Å². The standard InChI is InChI=1S/C16H21N3O3/c1-2-21-16-10-15(17-11-18-16)19-7-3-5-12(19)9-13(20)14-6-4-8-22-14/h4,6,8,10-13,20H,2-3,5,7,9H2,1H3/t12-,13-/m0/s1. The van der Waals surface area contributed by atoms with Crippen LogP contribution in [0.1, 0.15) is 38.1 Å². The Hall–Kier alpha value is -2.08. The highest BCUT2D eigenvalue weighted by Crippen LogP contribution is 2.31. The van der Waals surface area contributed by atoms with Crippen molar-refractivity contribution in [2.24, 2.45) is 0 Å². The van der Waals surface area contributed by atoms with Crippen LogP contribution in [0.4, 0.5) is 5.82 Å². The summed E-state index contributed by atoms with van der Waals surface area (Å²) in [5, 5.41) is 10.3. The summed E-state index contributed by atoms with van der Waals surface area (Å²) in [5.41, 5.74) is 0. The molecule has 0 spiro atoms. The van der Waals surface area contributed by atoms with Gasteiger partial charge in [-0.1, -0.05) is 0 Å². The summed E-state index contributed by atoms with van der Waals surface area (Å²) in [6.07, 6.45) is 5.27. The number of furan rings is 1. The molecule has 1 aliphatic rings. The van der Waals surface area contributed by atoms with Crippen LogP contribution in [0.3, 0.4) is 0 Å². The van der Waals surface area contributed by atoms with Gasteiger partial charge in [-0.25, -0.2) is 9.97 Å². The second-order valence-electron chi connectivity index (χ2n) is 5.40. The van der Waals surface area contributed by atoms with Crippen molar-refractivity contribution in [3.05, 3.63) is 36.5 Å². The number of aliphatic hydroxyl groups is 1. The van der Waals surface area contributed by atoms with Gasteiger partial charge < -0.3 is 19.2 Å². The second-order valence-corrected chi connectivity index (χ2v) is 5.40. The molecule has 3 rings (SSSR count). The predicted molar refractivity (Wildman–Crippen MR) is 81.9 cm³/mol. The summed E-state index contributed by atoms with van der Waals surface area (Å²) >= 11 is 0. The molecule has 3 heterocycles. The number of hydrogen-bond acceptors (Lipinski definition) is 6. The summed E-state index contributed by atoms with van der Waals surface area (Å²) in [7, 11) is 0. The van der Waals surface area contributed by atoms with Crippen molar-refractivity contribution in [3.63, 3.8) is 0 Å². The molecule has 0 bridgehead atoms. The normalized spacial score (nSPS) is 19.4. The number of nitrogens with zero attached hydrogens (tertiary/aromatic N) is 3. The quantitative estimate of drug-likeness (QED) is 0.884. The topological polar surface area (TPSA) is 71.6 Å². The van der Waals surface area contributed by atoms with E-state index < -0.39 is 6.10 Å². The minimum atomic E-state index is -0.589. The fourth-order valence-corrected chi connectivity index (χ4v) is 2.95. The van der Waals surface area contributed by atoms with Crippen LogP contribution in [0.15, 0.2) is 35.2 Å². The van der Waals surface area contributed by atoms with Gasteiger partial charge >= 0.3 is 0 Å². The largest absolute Gasteiger partial charge is 0.478 e. The van der Waals surface area contributed by atoms with Gasteiger partial charge in [0.2, 0.25) is 5.88 Å². The second kappa shape index (κ2) is 6.79. The highest BCUT2D eigenvalue weighted by Gasteiger charge is 2.29. The van der Waals surface area contributed by atoms with Gasteiger partial charge in [0.05, 0.1) is 12.9 Å². The maximum absolute atomic E-state index is 10.3. The van der Waals surface area contributed by atoms with Gasteiger partial charge in [-0.15, -0.1) is 0 Å². The van der Waals surface area contributed by atoms with Crippen molar-refractivity contribution in [1.29, 1.82) is 0 Å². The van der Waals surface area contributed by atoms with E-state index >= 15 is 0 Å². The lowest BCUT2D eigenvalue weighted by Gasteiger charge is -2.27. The first-order valence-electron chi connectivity index (χ1n) is 7.71. The number of anilines is 1. The average molecular weight is 303 g/mol. The van der Waals surface area contributed by atoms with E-state index in [2.05, 4.69) is 14.9 Å². The van der Waals surface area contributed by atoms with Gasteiger partial charge in [-0.05, 0) is 31.9 Å². The predicted octanol–water partition coefficient (Wildman–Crippen LogP) is 2.56. The molecule has 0 radical (unpaired) electrons. The Labute approximate surface area is 129 Å². The zero-order chi connectivity index (χ0) is 15.4. The van der Waals surface area contributed by atoms with Gasteiger partial charge in [-0.3, -0.25) is 0 Å². The molecule has 0 saturated carbocycles. The molecule has 1 aliphatic heterocycles. The maximum atomic E-state index is 10.3. The molecule has 0 amide bonds. The Balaban J connectivity index is 1.71. The van der Waals surface area contributed by atoms with Crippen molar-refractivity contribution in [2.75, 3.05) is 18.1 Å². The highest BCUT2D eigenvalue weighted by molar-refractivity contribution is 5.43. The fraction of sp³-hybridized carbons (Fsp3) is 0.500. The van der Waals surface area contributed by atoms with E-state index in [0.29, 0.717) is 24.7 Å². The molecule has 1 N–H and O–H groups in total. The van der Waals surface area contributed by atoms with Crippen LogP contribution >= 0.6 is 0 Å². The van der Waals surface area contributed by atoms with Crippen LogP contribution in [0.25, 0.3) is 0 Å². The lowest BCUT2D eigenvalue weighted by atomic mass is 10.1. The molecule has 0 unspecified atom stereocenters. The lowest BCUT2D eigenvalue weighted by Crippen LogP contribution is -2.31. The first kappa shape index (κ1) is 14.8. The number of rotatable bonds is 6. The third kappa shape index (κ3) is 3.22. The van der Waals surface area contributed by atoms with Crippen LogP contribution in [-0.4, -0.2) is 34.3 Å². The summed E-state index contributed by atoms with van der Waals surface area (Å²) < 4.78 is 10.7. The zero-order valence-electron chi connectivity index (χ0n) is 12.7. The van der Waals surface area contributed by atoms with Crippen LogP contribution < -0.4 is 9.64 Å². The molecule has 1 fully saturated rings. The summed E-state index contributed by atoms with van der Waals surface area (Å²) in [5.74, 6) is 2.06. The summed E-state index contributed by atoms with van der Waals surface area (Å²) in [4.78, 5) is 10.7. The van der Waals surface area contributed by atoms with Crippen molar-refractivity contribution in [3.8, 4) is 5.88 Å². The Morgan fingerprint density at radius 1 is 1.50 bits per heavy atom. The molecule has 6 heteroatoms. The van der Waals surface area contributed by atoms with Gasteiger partial charge in [0.1, 0.15) is 24.0 Å². The number of aromatic nitrogens is 2. The third-order valence-electron chi connectivity index (χ3n) is 3.96. The smallest absolute Gasteiger partial charge is 0.218 e. The van der Waals surface area contributed by atoms with E-state index in [1.165, 1.54) is 6.33 Å². The molecule has 6 nitrogen and oxygen atoms in total. The van der Waals surface area contributed by atoms with Crippen molar-refractivity contribution in [2.45, 2.75) is 38.3 Å². The fourth-order valence-electron chi connectivity index (χ4n) is 2.95. The minimum Gasteiger partial charge on any atom is -0.478 e. The van der Waals surface area contributed by atoms with Gasteiger partial charge in [-0.2, -0.15) is 0 Å². The average Bonchev–Trinajstić information content (AvgIpc) is 3.19. The van der Waals surface area contributed by atoms with E-state index in [9.17, 15) is 5.11 Å². The molecule has 2 atom stereocenters. The molecule has 2 aromatic heterocycles. The number of aliphatic hydroxyl groups excluding tert-OH is 1. The molecule has 0 aromatic carbocycles. The van der Waals surface area contributed by atoms with Gasteiger partial charge in [0.25, 0.3) is 0 Å². The first-order valence-corrected chi connectivity index (χ1v) is 7.71. The van der Waals surface area contributed by atoms with Crippen LogP contribution in [0.5, 0.6) is 5.88 Å². The summed E-state index contributed by atoms with van der Waals surface area (Å²) in [6.45, 7) is 3.44. The molecular weight excluding hydrogens is 282 g/mol. The molecule has 1 saturated heterocycles. The Bertz CT molecular complexity index is 588. The molecule has 22 heavy (non-hydrogen) atoms. The van der Waals surface area contributed by atoms with Gasteiger partial charge in [0.15, 0.2) is 0 Å². The van der Waals surface area contributed by atoms with Gasteiger partial charge in [0, 0.05) is 25.1 Å². The van der Waals surface area contributed by atoms with Crippen molar-refractivity contribution in [1.82, 2.24) is 9.97 Å². The number of hydrogen-bond donors (Lipinski definition) is 1. The third-order valence-corrected chi connectivity index (χ3v) is 3.96. The zero-order valence-corrected chi connectivity index (χ0v) is 12.7. The monoisotopic (exact) mass is 303 g/mol. The molecule has 0 aliphatic carbocycles. The van der Waals surface area contributed by atoms with Crippen molar-refractivity contribution >= 4 is 5.82 Å². The van der Waals surface area contributed by atoms with Crippen LogP contribution in [0, 0.1) is 0 Å². The molecule has 118 valence electrons. The van der Waals surface area contributed by atoms with Crippen LogP contribution in [-0.2, 0) is 0 Å². The summed E-state index contributed by atoms with van der Waals surface area (Å²) in [6, 6.07) is 5.71. The SMILES string of the molecule is CCOc1cc(N2CCC[C@H]2C[C@H](O)c2ccco2)ncn1. The highest BCUT2D eigenvalue weighted by atomic mass is 16.5. The molecular formula is C16H21N3O3. The van der Waals surface area contributed by atoms with Crippen molar-refractivity contribution < 1.29 is 14.3 Å². The minimum absolute atomic E-state index is 0.240. The maximum Gasteiger partial charge on any atom is 0.218 e. The Kier molecular flexibility index (Phi) is 4.58. The van der Waals surface area contributed by atoms with E-state index in [1.54, 1.807) is 12.3 Å². The van der Waals surface area contributed by atoms with E-state index in [1.807, 2.05) is 19.1 Å². The van der Waals surface area contributed by atoms with E-state index in [0.717, 1.165) is 25.2 Å². The Morgan fingerprint density at radius 3 is 3.18 bits per heavy atom. The van der Waals surface area contributed by atoms with Crippen LogP contribution in [0.2, 0.25) is 0 Å². The Morgan fingerprint density at radius 2 is 2.41 bits per heavy atom.